The van der Waals surface area contributed by atoms with Gasteiger partial charge in [0.05, 0.1) is 11.0 Å². The van der Waals surface area contributed by atoms with Crippen LogP contribution >= 0.6 is 0 Å². The summed E-state index contributed by atoms with van der Waals surface area (Å²) in [5.41, 5.74) is 7.07. The molecular weight excluding hydrogens is 560 g/mol. The minimum absolute atomic E-state index is 0.0250. The highest BCUT2D eigenvalue weighted by molar-refractivity contribution is 7.89. The van der Waals surface area contributed by atoms with Crippen molar-refractivity contribution in [3.63, 3.8) is 0 Å². The molecule has 232 valence electrons. The Hall–Kier alpha value is -3.04. The summed E-state index contributed by atoms with van der Waals surface area (Å²) in [6.07, 6.45) is 3.16. The zero-order chi connectivity index (χ0) is 31.4. The molecular formula is C35H46N2O5S. The monoisotopic (exact) mass is 606 g/mol. The first-order valence-corrected chi connectivity index (χ1v) is 16.6. The number of nitrogens with one attached hydrogen (secondary N) is 1. The molecule has 3 N–H and O–H groups in total. The van der Waals surface area contributed by atoms with Gasteiger partial charge in [-0.3, -0.25) is 4.79 Å². The number of benzene rings is 3. The lowest BCUT2D eigenvalue weighted by Gasteiger charge is -2.31. The summed E-state index contributed by atoms with van der Waals surface area (Å²) in [4.78, 5) is 11.4. The average molecular weight is 607 g/mol. The number of carbonyl (C=O) groups is 1. The molecule has 43 heavy (non-hydrogen) atoms. The average Bonchev–Trinajstić information content (AvgIpc) is 3.36. The summed E-state index contributed by atoms with van der Waals surface area (Å²) in [7, 11) is -2.34. The molecule has 0 amide bonds. The Morgan fingerprint density at radius 2 is 1.72 bits per heavy atom. The van der Waals surface area contributed by atoms with Crippen molar-refractivity contribution >= 4 is 16.0 Å². The van der Waals surface area contributed by atoms with Crippen LogP contribution in [0.5, 0.6) is 0 Å². The highest BCUT2D eigenvalue weighted by Gasteiger charge is 2.30. The maximum atomic E-state index is 13.7. The molecule has 0 radical (unpaired) electrons. The van der Waals surface area contributed by atoms with E-state index in [2.05, 4.69) is 43.4 Å². The number of β-amino-alcohol motifs (C(OH)–C–C–N with tert-alkyl or cyclic N) is 1. The van der Waals surface area contributed by atoms with E-state index >= 15 is 0 Å². The number of aliphatic hydroxyl groups is 1. The molecule has 1 aliphatic carbocycles. The molecule has 0 aromatic heterocycles. The largest absolute Gasteiger partial charge is 0.481 e. The van der Waals surface area contributed by atoms with E-state index in [0.29, 0.717) is 30.9 Å². The van der Waals surface area contributed by atoms with E-state index in [9.17, 15) is 23.4 Å². The second-order valence-electron chi connectivity index (χ2n) is 12.7. The van der Waals surface area contributed by atoms with Gasteiger partial charge in [0.15, 0.2) is 0 Å². The van der Waals surface area contributed by atoms with Gasteiger partial charge in [0.25, 0.3) is 0 Å². The molecule has 4 rings (SSSR count). The maximum absolute atomic E-state index is 13.7. The Morgan fingerprint density at radius 1 is 1.05 bits per heavy atom. The molecule has 7 nitrogen and oxygen atoms in total. The molecule has 1 atom stereocenters. The van der Waals surface area contributed by atoms with Crippen LogP contribution in [0.15, 0.2) is 65.6 Å². The highest BCUT2D eigenvalue weighted by atomic mass is 32.2. The van der Waals surface area contributed by atoms with Crippen LogP contribution < -0.4 is 5.32 Å². The van der Waals surface area contributed by atoms with Crippen LogP contribution in [0, 0.1) is 12.8 Å². The Labute approximate surface area is 257 Å². The van der Waals surface area contributed by atoms with Crippen LogP contribution in [0.1, 0.15) is 61.4 Å². The third-order valence-electron chi connectivity index (χ3n) is 8.53. The fraction of sp³-hybridized carbons (Fsp3) is 0.457. The molecule has 0 fully saturated rings. The number of fused-ring (bicyclic) bond motifs is 1. The standard InChI is InChI=1S/C35H46N2O5S/c1-6-26-20-30(32-17-24(2)11-12-27(32)14-16-34(39)40)13-15-33(26)43(41,42)37(5)23-31(38)22-36-35(3,4)21-25-18-28-9-7-8-10-29(28)19-25/h7-13,15,17,20,25,31,36,38H,6,14,16,18-19,21-23H2,1-5H3,(H,39,40). The van der Waals surface area contributed by atoms with E-state index in [-0.39, 0.29) is 23.4 Å². The second kappa shape index (κ2) is 13.7. The lowest BCUT2D eigenvalue weighted by Crippen LogP contribution is -2.47. The van der Waals surface area contributed by atoms with Crippen molar-refractivity contribution in [2.24, 2.45) is 5.92 Å². The van der Waals surface area contributed by atoms with Crippen LogP contribution in [-0.4, -0.2) is 60.7 Å². The molecule has 0 saturated heterocycles. The van der Waals surface area contributed by atoms with E-state index < -0.39 is 22.1 Å². The first-order chi connectivity index (χ1) is 20.3. The number of hydrogen-bond donors (Lipinski definition) is 3. The number of carboxylic acids is 1. The van der Waals surface area contributed by atoms with Gasteiger partial charge in [-0.1, -0.05) is 61.0 Å². The molecule has 8 heteroatoms. The summed E-state index contributed by atoms with van der Waals surface area (Å²) in [6, 6.07) is 19.8. The van der Waals surface area contributed by atoms with Crippen LogP contribution in [0.3, 0.4) is 0 Å². The van der Waals surface area contributed by atoms with Crippen molar-refractivity contribution in [1.82, 2.24) is 9.62 Å². The molecule has 1 unspecified atom stereocenters. The van der Waals surface area contributed by atoms with Gasteiger partial charge in [0.2, 0.25) is 10.0 Å². The Kier molecular flexibility index (Phi) is 10.5. The van der Waals surface area contributed by atoms with Crippen molar-refractivity contribution < 1.29 is 23.4 Å². The van der Waals surface area contributed by atoms with Crippen molar-refractivity contribution in [2.45, 2.75) is 82.8 Å². The zero-order valence-corrected chi connectivity index (χ0v) is 26.9. The summed E-state index contributed by atoms with van der Waals surface area (Å²) < 4.78 is 28.6. The van der Waals surface area contributed by atoms with Gasteiger partial charge in [-0.25, -0.2) is 8.42 Å². The highest BCUT2D eigenvalue weighted by Crippen LogP contribution is 2.33. The molecule has 0 bridgehead atoms. The van der Waals surface area contributed by atoms with Crippen LogP contribution in [-0.2, 0) is 40.5 Å². The summed E-state index contributed by atoms with van der Waals surface area (Å²) >= 11 is 0. The minimum atomic E-state index is -3.85. The van der Waals surface area contributed by atoms with Crippen molar-refractivity contribution in [3.05, 3.63) is 88.5 Å². The van der Waals surface area contributed by atoms with E-state index in [1.54, 1.807) is 12.1 Å². The van der Waals surface area contributed by atoms with Crippen LogP contribution in [0.25, 0.3) is 11.1 Å². The van der Waals surface area contributed by atoms with Gasteiger partial charge in [-0.15, -0.1) is 0 Å². The van der Waals surface area contributed by atoms with Crippen LogP contribution in [0.4, 0.5) is 0 Å². The van der Waals surface area contributed by atoms with Gasteiger partial charge in [-0.2, -0.15) is 4.31 Å². The lowest BCUT2D eigenvalue weighted by molar-refractivity contribution is -0.136. The quantitative estimate of drug-likeness (QED) is 0.227. The Morgan fingerprint density at radius 3 is 2.35 bits per heavy atom. The Balaban J connectivity index is 1.41. The third kappa shape index (κ3) is 8.32. The third-order valence-corrected chi connectivity index (χ3v) is 10.5. The Bertz CT molecular complexity index is 1520. The number of carboxylic acid groups (broad SMARTS) is 1. The number of likely N-dealkylation sites (N-methyl/N-ethyl adjacent to an activating group) is 1. The molecule has 0 spiro atoms. The topological polar surface area (TPSA) is 107 Å². The summed E-state index contributed by atoms with van der Waals surface area (Å²) in [6.45, 7) is 8.44. The van der Waals surface area contributed by atoms with Crippen molar-refractivity contribution in [2.75, 3.05) is 20.1 Å². The molecule has 3 aromatic carbocycles. The normalized spacial score (nSPS) is 14.7. The second-order valence-corrected chi connectivity index (χ2v) is 14.7. The molecule has 1 aliphatic rings. The van der Waals surface area contributed by atoms with Crippen molar-refractivity contribution in [3.8, 4) is 11.1 Å². The van der Waals surface area contributed by atoms with Gasteiger partial charge in [0.1, 0.15) is 0 Å². The smallest absolute Gasteiger partial charge is 0.303 e. The predicted octanol–water partition coefficient (Wildman–Crippen LogP) is 5.40. The first-order valence-electron chi connectivity index (χ1n) is 15.2. The van der Waals surface area contributed by atoms with Gasteiger partial charge in [0, 0.05) is 32.1 Å². The van der Waals surface area contributed by atoms with Crippen LogP contribution in [0.2, 0.25) is 0 Å². The number of nitrogens with zero attached hydrogens (tertiary/aromatic N) is 1. The molecule has 0 heterocycles. The number of aliphatic carboxylic acids is 1. The van der Waals surface area contributed by atoms with E-state index in [4.69, 9.17) is 0 Å². The molecule has 3 aromatic rings. The van der Waals surface area contributed by atoms with Gasteiger partial charge < -0.3 is 15.5 Å². The summed E-state index contributed by atoms with van der Waals surface area (Å²) in [5.74, 6) is -0.311. The number of hydrogen-bond acceptors (Lipinski definition) is 5. The SMILES string of the molecule is CCc1cc(-c2cc(C)ccc2CCC(=O)O)ccc1S(=O)(=O)N(C)CC(O)CNC(C)(C)CC1Cc2ccccc2C1. The number of aryl methyl sites for hydroxylation is 3. The first kappa shape index (κ1) is 32.9. The lowest BCUT2D eigenvalue weighted by atomic mass is 9.88. The van der Waals surface area contributed by atoms with Gasteiger partial charge >= 0.3 is 5.97 Å². The molecule has 0 saturated carbocycles. The minimum Gasteiger partial charge on any atom is -0.481 e. The fourth-order valence-corrected chi connectivity index (χ4v) is 7.78. The fourth-order valence-electron chi connectivity index (χ4n) is 6.30. The number of sulfonamides is 1. The van der Waals surface area contributed by atoms with E-state index in [1.165, 1.54) is 22.5 Å². The van der Waals surface area contributed by atoms with E-state index in [1.807, 2.05) is 38.1 Å². The maximum Gasteiger partial charge on any atom is 0.303 e. The molecule has 0 aliphatic heterocycles. The van der Waals surface area contributed by atoms with Crippen molar-refractivity contribution in [1.29, 1.82) is 0 Å². The predicted molar refractivity (Wildman–Crippen MR) is 172 cm³/mol. The summed E-state index contributed by atoms with van der Waals surface area (Å²) in [5, 5.41) is 23.5. The van der Waals surface area contributed by atoms with E-state index in [0.717, 1.165) is 41.5 Å². The zero-order valence-electron chi connectivity index (χ0n) is 26.1. The van der Waals surface area contributed by atoms with Gasteiger partial charge in [-0.05, 0) is 104 Å². The number of aliphatic hydroxyl groups excluding tert-OH is 1. The number of rotatable bonds is 14.